The standard InChI is InChI=1S/C11H12N4O3/c1-7-5-11(12)13-14(7)8-3-4-10(18-2)9(6-8)15(16)17/h3-6H,1-2H3,(H2,12,13). The number of nitro benzene ring substituents is 1. The average Bonchev–Trinajstić information content (AvgIpc) is 2.67. The first-order valence-corrected chi connectivity index (χ1v) is 5.18. The maximum atomic E-state index is 10.9. The molecule has 0 saturated heterocycles. The lowest BCUT2D eigenvalue weighted by Crippen LogP contribution is -2.01. The van der Waals surface area contributed by atoms with Gasteiger partial charge >= 0.3 is 5.69 Å². The first-order chi connectivity index (χ1) is 8.52. The summed E-state index contributed by atoms with van der Waals surface area (Å²) in [4.78, 5) is 10.4. The van der Waals surface area contributed by atoms with E-state index in [0.717, 1.165) is 5.69 Å². The van der Waals surface area contributed by atoms with Crippen molar-refractivity contribution in [3.63, 3.8) is 0 Å². The molecular weight excluding hydrogens is 236 g/mol. The van der Waals surface area contributed by atoms with E-state index in [0.29, 0.717) is 11.5 Å². The highest BCUT2D eigenvalue weighted by atomic mass is 16.6. The van der Waals surface area contributed by atoms with Crippen molar-refractivity contribution in [1.29, 1.82) is 0 Å². The van der Waals surface area contributed by atoms with Gasteiger partial charge in [-0.25, -0.2) is 4.68 Å². The Morgan fingerprint density at radius 1 is 1.44 bits per heavy atom. The van der Waals surface area contributed by atoms with E-state index in [-0.39, 0.29) is 11.4 Å². The molecule has 0 amide bonds. The second-order valence-corrected chi connectivity index (χ2v) is 3.74. The minimum Gasteiger partial charge on any atom is -0.490 e. The molecule has 0 aliphatic carbocycles. The number of ether oxygens (including phenoxy) is 1. The molecule has 0 radical (unpaired) electrons. The molecule has 1 heterocycles. The first kappa shape index (κ1) is 11.9. The molecule has 7 nitrogen and oxygen atoms in total. The van der Waals surface area contributed by atoms with Crippen molar-refractivity contribution in [2.45, 2.75) is 6.92 Å². The van der Waals surface area contributed by atoms with Crippen molar-refractivity contribution in [2.24, 2.45) is 0 Å². The number of aromatic nitrogens is 2. The van der Waals surface area contributed by atoms with Gasteiger partial charge in [0.15, 0.2) is 5.75 Å². The second kappa shape index (κ2) is 4.36. The van der Waals surface area contributed by atoms with Crippen LogP contribution < -0.4 is 10.5 Å². The summed E-state index contributed by atoms with van der Waals surface area (Å²) < 4.78 is 6.48. The van der Waals surface area contributed by atoms with Crippen LogP contribution in [-0.2, 0) is 0 Å². The van der Waals surface area contributed by atoms with Crippen molar-refractivity contribution < 1.29 is 9.66 Å². The third-order valence-corrected chi connectivity index (χ3v) is 2.51. The molecule has 18 heavy (non-hydrogen) atoms. The van der Waals surface area contributed by atoms with E-state index in [1.165, 1.54) is 19.2 Å². The molecule has 0 atom stereocenters. The number of nitrogens with two attached hydrogens (primary N) is 1. The molecule has 0 bridgehead atoms. The molecule has 0 saturated carbocycles. The molecule has 1 aromatic heterocycles. The van der Waals surface area contributed by atoms with Gasteiger partial charge in [0.2, 0.25) is 0 Å². The van der Waals surface area contributed by atoms with Gasteiger partial charge in [-0.1, -0.05) is 0 Å². The van der Waals surface area contributed by atoms with E-state index >= 15 is 0 Å². The van der Waals surface area contributed by atoms with Crippen LogP contribution in [0.25, 0.3) is 5.69 Å². The molecule has 2 rings (SSSR count). The summed E-state index contributed by atoms with van der Waals surface area (Å²) in [6.45, 7) is 1.82. The summed E-state index contributed by atoms with van der Waals surface area (Å²) in [5.41, 5.74) is 6.84. The quantitative estimate of drug-likeness (QED) is 0.658. The zero-order valence-corrected chi connectivity index (χ0v) is 9.95. The van der Waals surface area contributed by atoms with Crippen LogP contribution in [0.3, 0.4) is 0 Å². The minimum atomic E-state index is -0.496. The number of hydrogen-bond acceptors (Lipinski definition) is 5. The number of rotatable bonds is 3. The number of hydrogen-bond donors (Lipinski definition) is 1. The summed E-state index contributed by atoms with van der Waals surface area (Å²) in [6.07, 6.45) is 0. The van der Waals surface area contributed by atoms with E-state index < -0.39 is 4.92 Å². The Morgan fingerprint density at radius 3 is 2.67 bits per heavy atom. The number of aryl methyl sites for hydroxylation is 1. The average molecular weight is 248 g/mol. The second-order valence-electron chi connectivity index (χ2n) is 3.74. The van der Waals surface area contributed by atoms with Crippen molar-refractivity contribution in [3.8, 4) is 11.4 Å². The van der Waals surface area contributed by atoms with Crippen LogP contribution in [0, 0.1) is 17.0 Å². The molecular formula is C11H12N4O3. The minimum absolute atomic E-state index is 0.108. The van der Waals surface area contributed by atoms with Gasteiger partial charge in [-0.3, -0.25) is 10.1 Å². The van der Waals surface area contributed by atoms with Gasteiger partial charge < -0.3 is 10.5 Å². The van der Waals surface area contributed by atoms with Crippen molar-refractivity contribution in [3.05, 3.63) is 40.1 Å². The van der Waals surface area contributed by atoms with E-state index in [4.69, 9.17) is 10.5 Å². The zero-order chi connectivity index (χ0) is 13.3. The number of methoxy groups -OCH3 is 1. The summed E-state index contributed by atoms with van der Waals surface area (Å²) >= 11 is 0. The summed E-state index contributed by atoms with van der Waals surface area (Å²) in [7, 11) is 1.39. The molecule has 0 unspecified atom stereocenters. The van der Waals surface area contributed by atoms with Gasteiger partial charge in [0.25, 0.3) is 0 Å². The maximum absolute atomic E-state index is 10.9. The molecule has 2 N–H and O–H groups in total. The molecule has 7 heteroatoms. The van der Waals surface area contributed by atoms with E-state index in [1.807, 2.05) is 6.92 Å². The van der Waals surface area contributed by atoms with Crippen molar-refractivity contribution >= 4 is 11.5 Å². The highest BCUT2D eigenvalue weighted by Gasteiger charge is 2.16. The predicted molar refractivity (Wildman–Crippen MR) is 65.9 cm³/mol. The van der Waals surface area contributed by atoms with Gasteiger partial charge in [-0.2, -0.15) is 5.10 Å². The Bertz CT molecular complexity index is 606. The number of nitrogens with zero attached hydrogens (tertiary/aromatic N) is 3. The number of anilines is 1. The molecule has 2 aromatic rings. The van der Waals surface area contributed by atoms with Crippen LogP contribution in [0.4, 0.5) is 11.5 Å². The van der Waals surface area contributed by atoms with Gasteiger partial charge in [-0.15, -0.1) is 0 Å². The number of benzene rings is 1. The third-order valence-electron chi connectivity index (χ3n) is 2.51. The van der Waals surface area contributed by atoms with Crippen LogP contribution in [0.2, 0.25) is 0 Å². The van der Waals surface area contributed by atoms with Crippen LogP contribution in [0.1, 0.15) is 5.69 Å². The topological polar surface area (TPSA) is 96.2 Å². The number of nitrogen functional groups attached to an aromatic ring is 1. The fourth-order valence-corrected chi connectivity index (χ4v) is 1.71. The normalized spacial score (nSPS) is 10.3. The summed E-state index contributed by atoms with van der Waals surface area (Å²) in [5.74, 6) is 0.576. The number of nitro groups is 1. The lowest BCUT2D eigenvalue weighted by atomic mass is 10.2. The van der Waals surface area contributed by atoms with Crippen LogP contribution in [0.15, 0.2) is 24.3 Å². The Hall–Kier alpha value is -2.57. The Kier molecular flexibility index (Phi) is 2.88. The Labute approximate surface area is 103 Å². The molecule has 0 spiro atoms. The highest BCUT2D eigenvalue weighted by Crippen LogP contribution is 2.29. The van der Waals surface area contributed by atoms with Crippen LogP contribution in [-0.4, -0.2) is 21.8 Å². The Balaban J connectivity index is 2.56. The van der Waals surface area contributed by atoms with Crippen LogP contribution >= 0.6 is 0 Å². The monoisotopic (exact) mass is 248 g/mol. The lowest BCUT2D eigenvalue weighted by molar-refractivity contribution is -0.385. The van der Waals surface area contributed by atoms with Gasteiger partial charge in [0.1, 0.15) is 5.82 Å². The first-order valence-electron chi connectivity index (χ1n) is 5.18. The van der Waals surface area contributed by atoms with E-state index in [2.05, 4.69) is 5.10 Å². The smallest absolute Gasteiger partial charge is 0.313 e. The lowest BCUT2D eigenvalue weighted by Gasteiger charge is -2.06. The van der Waals surface area contributed by atoms with Crippen molar-refractivity contribution in [1.82, 2.24) is 9.78 Å². The zero-order valence-electron chi connectivity index (χ0n) is 9.95. The molecule has 1 aromatic carbocycles. The van der Waals surface area contributed by atoms with E-state index in [9.17, 15) is 10.1 Å². The SMILES string of the molecule is COc1ccc(-n2nc(N)cc2C)cc1[N+](=O)[O-]. The van der Waals surface area contributed by atoms with Gasteiger partial charge in [0.05, 0.1) is 17.7 Å². The predicted octanol–water partition coefficient (Wildman–Crippen LogP) is 1.68. The fraction of sp³-hybridized carbons (Fsp3) is 0.182. The highest BCUT2D eigenvalue weighted by molar-refractivity contribution is 5.54. The van der Waals surface area contributed by atoms with Crippen molar-refractivity contribution in [2.75, 3.05) is 12.8 Å². The maximum Gasteiger partial charge on any atom is 0.313 e. The molecule has 94 valence electrons. The largest absolute Gasteiger partial charge is 0.490 e. The third kappa shape index (κ3) is 1.97. The molecule has 0 aliphatic heterocycles. The summed E-state index contributed by atoms with van der Waals surface area (Å²) in [5, 5.41) is 15.0. The fourth-order valence-electron chi connectivity index (χ4n) is 1.71. The van der Waals surface area contributed by atoms with E-state index in [1.54, 1.807) is 16.8 Å². The molecule has 0 fully saturated rings. The van der Waals surface area contributed by atoms with Gasteiger partial charge in [0, 0.05) is 17.8 Å². The Morgan fingerprint density at radius 2 is 2.17 bits per heavy atom. The molecule has 0 aliphatic rings. The summed E-state index contributed by atoms with van der Waals surface area (Å²) in [6, 6.07) is 6.31. The van der Waals surface area contributed by atoms with Crippen LogP contribution in [0.5, 0.6) is 5.75 Å². The van der Waals surface area contributed by atoms with Gasteiger partial charge in [-0.05, 0) is 19.1 Å².